The van der Waals surface area contributed by atoms with Crippen LogP contribution < -0.4 is 4.74 Å². The van der Waals surface area contributed by atoms with E-state index in [2.05, 4.69) is 9.88 Å². The topological polar surface area (TPSA) is 92.2 Å². The average molecular weight is 437 g/mol. The minimum Gasteiger partial charge on any atom is -0.503 e. The van der Waals surface area contributed by atoms with Crippen molar-refractivity contribution in [3.63, 3.8) is 0 Å². The van der Waals surface area contributed by atoms with Gasteiger partial charge in [-0.15, -0.1) is 0 Å². The highest BCUT2D eigenvalue weighted by Gasteiger charge is 2.44. The fourth-order valence-corrected chi connectivity index (χ4v) is 4.24. The maximum absolute atomic E-state index is 13.6. The van der Waals surface area contributed by atoms with Gasteiger partial charge in [-0.05, 0) is 42.3 Å². The SMILES string of the molecule is COc1ccc(C(=O)C2=C(O)C(=O)N(CCN3CCOCC3)C2c2cccnc2)c(C)c1. The molecule has 1 atom stereocenters. The number of hydrogen-bond acceptors (Lipinski definition) is 7. The molecule has 3 heterocycles. The number of methoxy groups -OCH3 is 1. The van der Waals surface area contributed by atoms with Crippen molar-refractivity contribution in [3.05, 3.63) is 70.7 Å². The number of hydrogen-bond donors (Lipinski definition) is 1. The van der Waals surface area contributed by atoms with E-state index in [1.54, 1.807) is 55.6 Å². The van der Waals surface area contributed by atoms with E-state index in [4.69, 9.17) is 9.47 Å². The van der Waals surface area contributed by atoms with Crippen LogP contribution >= 0.6 is 0 Å². The highest BCUT2D eigenvalue weighted by Crippen LogP contribution is 2.39. The summed E-state index contributed by atoms with van der Waals surface area (Å²) < 4.78 is 10.6. The van der Waals surface area contributed by atoms with Gasteiger partial charge in [-0.3, -0.25) is 19.5 Å². The first-order chi connectivity index (χ1) is 15.5. The van der Waals surface area contributed by atoms with Gasteiger partial charge >= 0.3 is 0 Å². The van der Waals surface area contributed by atoms with E-state index in [-0.39, 0.29) is 11.4 Å². The third-order valence-electron chi connectivity index (χ3n) is 5.99. The van der Waals surface area contributed by atoms with Gasteiger partial charge in [0.1, 0.15) is 5.75 Å². The van der Waals surface area contributed by atoms with Crippen molar-refractivity contribution in [1.82, 2.24) is 14.8 Å². The Kier molecular flexibility index (Phi) is 6.53. The molecule has 2 aromatic rings. The number of rotatable bonds is 7. The van der Waals surface area contributed by atoms with Crippen LogP contribution in [0.25, 0.3) is 0 Å². The third kappa shape index (κ3) is 4.24. The summed E-state index contributed by atoms with van der Waals surface area (Å²) in [6.45, 7) is 5.70. The van der Waals surface area contributed by atoms with Crippen LogP contribution in [0, 0.1) is 6.92 Å². The Labute approximate surface area is 187 Å². The quantitative estimate of drug-likeness (QED) is 0.665. The number of aliphatic hydroxyl groups is 1. The maximum Gasteiger partial charge on any atom is 0.290 e. The lowest BCUT2D eigenvalue weighted by Crippen LogP contribution is -2.43. The lowest BCUT2D eigenvalue weighted by molar-refractivity contribution is -0.129. The molecule has 0 radical (unpaired) electrons. The van der Waals surface area contributed by atoms with Crippen molar-refractivity contribution < 1.29 is 24.2 Å². The first kappa shape index (κ1) is 22.0. The molecular formula is C24H27N3O5. The molecule has 1 unspecified atom stereocenters. The largest absolute Gasteiger partial charge is 0.503 e. The molecule has 1 aromatic carbocycles. The number of carbonyl (C=O) groups is 2. The molecule has 168 valence electrons. The number of nitrogens with zero attached hydrogens (tertiary/aromatic N) is 3. The second-order valence-electron chi connectivity index (χ2n) is 7.91. The van der Waals surface area contributed by atoms with Crippen LogP contribution in [0.15, 0.2) is 54.1 Å². The smallest absolute Gasteiger partial charge is 0.290 e. The maximum atomic E-state index is 13.6. The van der Waals surface area contributed by atoms with Gasteiger partial charge in [-0.2, -0.15) is 0 Å². The van der Waals surface area contributed by atoms with Crippen molar-refractivity contribution in [1.29, 1.82) is 0 Å². The van der Waals surface area contributed by atoms with Gasteiger partial charge in [-0.1, -0.05) is 6.07 Å². The van der Waals surface area contributed by atoms with Crippen molar-refractivity contribution in [2.75, 3.05) is 46.5 Å². The zero-order valence-corrected chi connectivity index (χ0v) is 18.3. The van der Waals surface area contributed by atoms with Gasteiger partial charge in [-0.25, -0.2) is 0 Å². The molecule has 0 bridgehead atoms. The fraction of sp³-hybridized carbons (Fsp3) is 0.375. The van der Waals surface area contributed by atoms with E-state index in [9.17, 15) is 14.7 Å². The van der Waals surface area contributed by atoms with Crippen LogP contribution in [-0.4, -0.2) is 78.1 Å². The molecular weight excluding hydrogens is 410 g/mol. The Morgan fingerprint density at radius 1 is 1.25 bits per heavy atom. The summed E-state index contributed by atoms with van der Waals surface area (Å²) in [6.07, 6.45) is 3.27. The monoisotopic (exact) mass is 437 g/mol. The molecule has 1 amide bonds. The molecule has 1 aromatic heterocycles. The molecule has 2 aliphatic heterocycles. The van der Waals surface area contributed by atoms with Crippen molar-refractivity contribution in [2.45, 2.75) is 13.0 Å². The predicted octanol–water partition coefficient (Wildman–Crippen LogP) is 2.31. The average Bonchev–Trinajstić information content (AvgIpc) is 3.08. The van der Waals surface area contributed by atoms with Crippen LogP contribution in [0.5, 0.6) is 5.75 Å². The summed E-state index contributed by atoms with van der Waals surface area (Å²) in [5.41, 5.74) is 1.89. The van der Waals surface area contributed by atoms with Gasteiger partial charge in [0, 0.05) is 44.1 Å². The van der Waals surface area contributed by atoms with Crippen molar-refractivity contribution in [3.8, 4) is 5.75 Å². The van der Waals surface area contributed by atoms with Crippen LogP contribution in [0.1, 0.15) is 27.5 Å². The molecule has 2 aliphatic rings. The lowest BCUT2D eigenvalue weighted by Gasteiger charge is -2.31. The number of ketones is 1. The molecule has 0 aliphatic carbocycles. The Morgan fingerprint density at radius 2 is 2.03 bits per heavy atom. The van der Waals surface area contributed by atoms with Crippen LogP contribution in [0.4, 0.5) is 0 Å². The Bertz CT molecular complexity index is 1030. The summed E-state index contributed by atoms with van der Waals surface area (Å²) in [5, 5.41) is 10.8. The Morgan fingerprint density at radius 3 is 2.69 bits per heavy atom. The van der Waals surface area contributed by atoms with E-state index in [0.29, 0.717) is 48.7 Å². The fourth-order valence-electron chi connectivity index (χ4n) is 4.24. The first-order valence-electron chi connectivity index (χ1n) is 10.6. The number of amides is 1. The summed E-state index contributed by atoms with van der Waals surface area (Å²) >= 11 is 0. The Hall–Kier alpha value is -3.23. The standard InChI is InChI=1S/C24H27N3O5/c1-16-14-18(31-2)5-6-19(16)22(28)20-21(17-4-3-7-25-15-17)27(24(30)23(20)29)9-8-26-10-12-32-13-11-26/h3-7,14-15,21,29H,8-13H2,1-2H3. The van der Waals surface area contributed by atoms with Crippen molar-refractivity contribution >= 4 is 11.7 Å². The first-order valence-corrected chi connectivity index (χ1v) is 10.6. The highest BCUT2D eigenvalue weighted by molar-refractivity contribution is 6.16. The number of ether oxygens (including phenoxy) is 2. The van der Waals surface area contributed by atoms with Gasteiger partial charge in [0.15, 0.2) is 11.5 Å². The second-order valence-corrected chi connectivity index (χ2v) is 7.91. The number of morpholine rings is 1. The molecule has 8 heteroatoms. The predicted molar refractivity (Wildman–Crippen MR) is 118 cm³/mol. The summed E-state index contributed by atoms with van der Waals surface area (Å²) in [5.74, 6) is -0.780. The normalized spacial score (nSPS) is 19.5. The molecule has 0 saturated carbocycles. The van der Waals surface area contributed by atoms with E-state index in [0.717, 1.165) is 13.1 Å². The summed E-state index contributed by atoms with van der Waals surface area (Å²) in [7, 11) is 1.56. The Balaban J connectivity index is 1.67. The third-order valence-corrected chi connectivity index (χ3v) is 5.99. The van der Waals surface area contributed by atoms with Crippen LogP contribution in [0.2, 0.25) is 0 Å². The molecule has 32 heavy (non-hydrogen) atoms. The van der Waals surface area contributed by atoms with Gasteiger partial charge in [0.05, 0.1) is 31.9 Å². The van der Waals surface area contributed by atoms with Gasteiger partial charge in [0.25, 0.3) is 5.91 Å². The van der Waals surface area contributed by atoms with E-state index in [1.807, 2.05) is 6.07 Å². The number of pyridine rings is 1. The summed E-state index contributed by atoms with van der Waals surface area (Å²) in [6, 6.07) is 8.00. The van der Waals surface area contributed by atoms with Gasteiger partial charge < -0.3 is 19.5 Å². The van der Waals surface area contributed by atoms with E-state index >= 15 is 0 Å². The zero-order valence-electron chi connectivity index (χ0n) is 18.3. The molecule has 1 saturated heterocycles. The van der Waals surface area contributed by atoms with Crippen LogP contribution in [-0.2, 0) is 9.53 Å². The number of aliphatic hydroxyl groups excluding tert-OH is 1. The van der Waals surface area contributed by atoms with Crippen molar-refractivity contribution in [2.24, 2.45) is 0 Å². The summed E-state index contributed by atoms with van der Waals surface area (Å²) in [4.78, 5) is 34.6. The van der Waals surface area contributed by atoms with Crippen LogP contribution in [0.3, 0.4) is 0 Å². The minimum absolute atomic E-state index is 0.0817. The number of aromatic nitrogens is 1. The lowest BCUT2D eigenvalue weighted by atomic mass is 9.91. The number of carbonyl (C=O) groups excluding carboxylic acids is 2. The molecule has 0 spiro atoms. The number of aryl methyl sites for hydroxylation is 1. The van der Waals surface area contributed by atoms with E-state index < -0.39 is 17.7 Å². The highest BCUT2D eigenvalue weighted by atomic mass is 16.5. The molecule has 8 nitrogen and oxygen atoms in total. The molecule has 1 fully saturated rings. The van der Waals surface area contributed by atoms with Gasteiger partial charge in [0.2, 0.25) is 0 Å². The molecule has 4 rings (SSSR count). The molecule has 1 N–H and O–H groups in total. The number of benzene rings is 1. The minimum atomic E-state index is -0.703. The number of Topliss-reactive ketones (excluding diaryl/α,β-unsaturated/α-hetero) is 1. The second kappa shape index (κ2) is 9.50. The van der Waals surface area contributed by atoms with E-state index in [1.165, 1.54) is 0 Å². The zero-order chi connectivity index (χ0) is 22.7.